The van der Waals surface area contributed by atoms with Gasteiger partial charge >= 0.3 is 0 Å². The van der Waals surface area contributed by atoms with Gasteiger partial charge in [-0.1, -0.05) is 0 Å². The number of halogens is 1. The highest BCUT2D eigenvalue weighted by Crippen LogP contribution is 2.29. The molecule has 4 heteroatoms. The summed E-state index contributed by atoms with van der Waals surface area (Å²) in [5.74, 6) is 0.405. The third kappa shape index (κ3) is 2.09. The van der Waals surface area contributed by atoms with Crippen molar-refractivity contribution in [2.75, 3.05) is 13.7 Å². The molecule has 1 unspecified atom stereocenters. The van der Waals surface area contributed by atoms with Crippen LogP contribution in [0.5, 0.6) is 11.5 Å². The minimum atomic E-state index is -1.35. The fourth-order valence-electron chi connectivity index (χ4n) is 1.04. The Morgan fingerprint density at radius 2 is 2.31 bits per heavy atom. The Bertz CT molecular complexity index is 291. The molecule has 1 aromatic carbocycles. The highest BCUT2D eigenvalue weighted by atomic mass is 19.1. The molecule has 0 aliphatic heterocycles. The van der Waals surface area contributed by atoms with E-state index in [0.717, 1.165) is 0 Å². The van der Waals surface area contributed by atoms with E-state index in [1.54, 1.807) is 6.07 Å². The van der Waals surface area contributed by atoms with Crippen molar-refractivity contribution < 1.29 is 14.2 Å². The number of nitrogens with two attached hydrogens (primary N) is 1. The maximum atomic E-state index is 13.1. The van der Waals surface area contributed by atoms with Crippen LogP contribution < -0.4 is 10.5 Å². The molecule has 0 fully saturated rings. The molecule has 0 aliphatic rings. The molecule has 3 N–H and O–H groups in total. The molecule has 0 saturated carbocycles. The number of aromatic hydroxyl groups is 1. The first-order valence-electron chi connectivity index (χ1n) is 3.90. The van der Waals surface area contributed by atoms with E-state index in [4.69, 9.17) is 10.5 Å². The van der Waals surface area contributed by atoms with Gasteiger partial charge in [-0.2, -0.15) is 0 Å². The summed E-state index contributed by atoms with van der Waals surface area (Å²) >= 11 is 0. The summed E-state index contributed by atoms with van der Waals surface area (Å²) in [4.78, 5) is 0. The standard InChI is InChI=1S/C9H12FNO2/c1-13-6-2-3-9(12)7(4-6)8(10)5-11/h2-4,8,12H,5,11H2,1H3. The topological polar surface area (TPSA) is 55.5 Å². The van der Waals surface area contributed by atoms with E-state index < -0.39 is 6.17 Å². The van der Waals surface area contributed by atoms with Gasteiger partial charge in [0.15, 0.2) is 0 Å². The first kappa shape index (κ1) is 9.80. The predicted molar refractivity (Wildman–Crippen MR) is 47.6 cm³/mol. The third-order valence-corrected chi connectivity index (χ3v) is 1.78. The van der Waals surface area contributed by atoms with E-state index in [9.17, 15) is 9.50 Å². The Morgan fingerprint density at radius 1 is 1.62 bits per heavy atom. The minimum Gasteiger partial charge on any atom is -0.508 e. The molecule has 0 saturated heterocycles. The van der Waals surface area contributed by atoms with Crippen LogP contribution in [0, 0.1) is 0 Å². The van der Waals surface area contributed by atoms with Crippen LogP contribution in [-0.2, 0) is 0 Å². The second-order valence-corrected chi connectivity index (χ2v) is 2.63. The van der Waals surface area contributed by atoms with Gasteiger partial charge in [-0.3, -0.25) is 0 Å². The zero-order valence-electron chi connectivity index (χ0n) is 7.33. The summed E-state index contributed by atoms with van der Waals surface area (Å²) in [6, 6.07) is 4.38. The number of phenolic OH excluding ortho intramolecular Hbond substituents is 1. The Balaban J connectivity index is 3.03. The van der Waals surface area contributed by atoms with Crippen LogP contribution in [0.3, 0.4) is 0 Å². The van der Waals surface area contributed by atoms with Crippen molar-refractivity contribution in [1.82, 2.24) is 0 Å². The largest absolute Gasteiger partial charge is 0.508 e. The van der Waals surface area contributed by atoms with Crippen molar-refractivity contribution in [1.29, 1.82) is 0 Å². The van der Waals surface area contributed by atoms with Gasteiger partial charge in [0.1, 0.15) is 17.7 Å². The van der Waals surface area contributed by atoms with Crippen molar-refractivity contribution in [3.8, 4) is 11.5 Å². The molecule has 0 radical (unpaired) electrons. The number of benzene rings is 1. The maximum Gasteiger partial charge on any atom is 0.141 e. The number of alkyl halides is 1. The van der Waals surface area contributed by atoms with Crippen LogP contribution in [-0.4, -0.2) is 18.8 Å². The highest BCUT2D eigenvalue weighted by Gasteiger charge is 2.13. The van der Waals surface area contributed by atoms with E-state index in [2.05, 4.69) is 0 Å². The molecule has 0 amide bonds. The van der Waals surface area contributed by atoms with Gasteiger partial charge in [0.25, 0.3) is 0 Å². The van der Waals surface area contributed by atoms with Gasteiger partial charge in [-0.05, 0) is 18.2 Å². The van der Waals surface area contributed by atoms with Gasteiger partial charge in [0, 0.05) is 12.1 Å². The number of methoxy groups -OCH3 is 1. The average Bonchev–Trinajstić information content (AvgIpc) is 2.17. The number of ether oxygens (including phenoxy) is 1. The normalized spacial score (nSPS) is 12.5. The zero-order valence-corrected chi connectivity index (χ0v) is 7.33. The summed E-state index contributed by atoms with van der Waals surface area (Å²) in [6.07, 6.45) is -1.35. The molecule has 1 atom stereocenters. The quantitative estimate of drug-likeness (QED) is 0.747. The molecule has 0 spiro atoms. The molecule has 1 rings (SSSR count). The highest BCUT2D eigenvalue weighted by molar-refractivity contribution is 5.40. The molecular weight excluding hydrogens is 173 g/mol. The summed E-state index contributed by atoms with van der Waals surface area (Å²) in [5.41, 5.74) is 5.31. The number of phenols is 1. The summed E-state index contributed by atoms with van der Waals surface area (Å²) in [7, 11) is 1.48. The minimum absolute atomic E-state index is 0.0984. The molecule has 0 aliphatic carbocycles. The molecular formula is C9H12FNO2. The third-order valence-electron chi connectivity index (χ3n) is 1.78. The lowest BCUT2D eigenvalue weighted by atomic mass is 10.1. The van der Waals surface area contributed by atoms with Crippen molar-refractivity contribution in [3.05, 3.63) is 23.8 Å². The summed E-state index contributed by atoms with van der Waals surface area (Å²) in [5, 5.41) is 9.28. The van der Waals surface area contributed by atoms with Crippen molar-refractivity contribution in [3.63, 3.8) is 0 Å². The van der Waals surface area contributed by atoms with E-state index >= 15 is 0 Å². The number of hydrogen-bond acceptors (Lipinski definition) is 3. The van der Waals surface area contributed by atoms with Crippen molar-refractivity contribution in [2.24, 2.45) is 5.73 Å². The van der Waals surface area contributed by atoms with Crippen molar-refractivity contribution >= 4 is 0 Å². The number of rotatable bonds is 3. The SMILES string of the molecule is COc1ccc(O)c(C(F)CN)c1. The summed E-state index contributed by atoms with van der Waals surface area (Å²) < 4.78 is 18.0. The molecule has 72 valence electrons. The van der Waals surface area contributed by atoms with E-state index in [1.807, 2.05) is 0 Å². The van der Waals surface area contributed by atoms with Gasteiger partial charge in [0.2, 0.25) is 0 Å². The summed E-state index contributed by atoms with van der Waals surface area (Å²) in [6.45, 7) is -0.152. The van der Waals surface area contributed by atoms with Gasteiger partial charge in [-0.15, -0.1) is 0 Å². The maximum absolute atomic E-state index is 13.1. The lowest BCUT2D eigenvalue weighted by Gasteiger charge is -2.09. The molecule has 13 heavy (non-hydrogen) atoms. The predicted octanol–water partition coefficient (Wildman–Crippen LogP) is 1.37. The van der Waals surface area contributed by atoms with Gasteiger partial charge < -0.3 is 15.6 Å². The van der Waals surface area contributed by atoms with Crippen LogP contribution in [0.15, 0.2) is 18.2 Å². The average molecular weight is 185 g/mol. The fraction of sp³-hybridized carbons (Fsp3) is 0.333. The number of hydrogen-bond donors (Lipinski definition) is 2. The molecule has 0 aromatic heterocycles. The smallest absolute Gasteiger partial charge is 0.141 e. The van der Waals surface area contributed by atoms with Crippen LogP contribution >= 0.6 is 0 Å². The fourth-order valence-corrected chi connectivity index (χ4v) is 1.04. The second-order valence-electron chi connectivity index (χ2n) is 2.63. The Labute approximate surface area is 75.9 Å². The van der Waals surface area contributed by atoms with Gasteiger partial charge in [-0.25, -0.2) is 4.39 Å². The zero-order chi connectivity index (χ0) is 9.84. The molecule has 3 nitrogen and oxygen atoms in total. The van der Waals surface area contributed by atoms with Crippen LogP contribution in [0.2, 0.25) is 0 Å². The van der Waals surface area contributed by atoms with E-state index in [1.165, 1.54) is 19.2 Å². The van der Waals surface area contributed by atoms with Crippen LogP contribution in [0.25, 0.3) is 0 Å². The Kier molecular flexibility index (Phi) is 3.08. The van der Waals surface area contributed by atoms with E-state index in [-0.39, 0.29) is 17.9 Å². The second kappa shape index (κ2) is 4.09. The lowest BCUT2D eigenvalue weighted by molar-refractivity contribution is 0.335. The first-order valence-corrected chi connectivity index (χ1v) is 3.90. The van der Waals surface area contributed by atoms with Gasteiger partial charge in [0.05, 0.1) is 7.11 Å². The monoisotopic (exact) mass is 185 g/mol. The van der Waals surface area contributed by atoms with Crippen molar-refractivity contribution in [2.45, 2.75) is 6.17 Å². The molecule has 0 heterocycles. The first-order chi connectivity index (χ1) is 6.19. The van der Waals surface area contributed by atoms with E-state index in [0.29, 0.717) is 5.75 Å². The lowest BCUT2D eigenvalue weighted by Crippen LogP contribution is -2.07. The van der Waals surface area contributed by atoms with Crippen LogP contribution in [0.4, 0.5) is 4.39 Å². The Morgan fingerprint density at radius 3 is 2.85 bits per heavy atom. The molecule has 0 bridgehead atoms. The Hall–Kier alpha value is -1.29. The van der Waals surface area contributed by atoms with Crippen LogP contribution in [0.1, 0.15) is 11.7 Å². The molecule has 1 aromatic rings.